The quantitative estimate of drug-likeness (QED) is 0.620. The standard InChI is InChI=1S/C16H17N3O5/c1-3-10(2)24-12-7-5-4-6-11(12)8-9-13-17-15(20)14(19(22)23)16(21)18-13/h4-10H,3H2,1-2H3,(H2,17,18,20,21)/b9-8-/t10-/m1/s1. The van der Waals surface area contributed by atoms with E-state index in [1.54, 1.807) is 6.08 Å². The molecule has 0 bridgehead atoms. The summed E-state index contributed by atoms with van der Waals surface area (Å²) in [5.74, 6) is -0.259. The molecule has 2 N–H and O–H groups in total. The van der Waals surface area contributed by atoms with Crippen molar-refractivity contribution in [1.82, 2.24) is 9.97 Å². The summed E-state index contributed by atoms with van der Waals surface area (Å²) >= 11 is 0. The Balaban J connectivity index is 2.32. The normalized spacial score (nSPS) is 12.2. The van der Waals surface area contributed by atoms with Crippen LogP contribution >= 0.6 is 0 Å². The van der Waals surface area contributed by atoms with Gasteiger partial charge in [-0.25, -0.2) is 0 Å². The van der Waals surface area contributed by atoms with Crippen molar-refractivity contribution in [3.63, 3.8) is 0 Å². The summed E-state index contributed by atoms with van der Waals surface area (Å²) in [5.41, 5.74) is -1.25. The fraction of sp³-hybridized carbons (Fsp3) is 0.250. The average molecular weight is 331 g/mol. The van der Waals surface area contributed by atoms with E-state index in [0.29, 0.717) is 5.75 Å². The zero-order valence-corrected chi connectivity index (χ0v) is 13.2. The smallest absolute Gasteiger partial charge is 0.395 e. The summed E-state index contributed by atoms with van der Waals surface area (Å²) < 4.78 is 5.80. The zero-order chi connectivity index (χ0) is 17.7. The minimum Gasteiger partial charge on any atom is -0.490 e. The minimum atomic E-state index is -1.02. The number of para-hydroxylation sites is 1. The molecule has 2 aromatic rings. The number of rotatable bonds is 6. The van der Waals surface area contributed by atoms with E-state index >= 15 is 0 Å². The first-order chi connectivity index (χ1) is 11.4. The molecule has 24 heavy (non-hydrogen) atoms. The Bertz CT molecular complexity index is 829. The predicted octanol–water partition coefficient (Wildman–Crippen LogP) is 2.73. The number of hydrogen-bond acceptors (Lipinski definition) is 6. The molecule has 1 aromatic heterocycles. The van der Waals surface area contributed by atoms with Gasteiger partial charge in [-0.1, -0.05) is 25.1 Å². The van der Waals surface area contributed by atoms with E-state index < -0.39 is 22.0 Å². The highest BCUT2D eigenvalue weighted by atomic mass is 16.6. The number of nitrogens with zero attached hydrogens (tertiary/aromatic N) is 2. The molecule has 126 valence electrons. The van der Waals surface area contributed by atoms with Crippen LogP contribution in [0.25, 0.3) is 12.2 Å². The molecular formula is C16H17N3O5. The van der Waals surface area contributed by atoms with E-state index in [1.807, 2.05) is 38.1 Å². The number of aromatic nitrogens is 2. The lowest BCUT2D eigenvalue weighted by atomic mass is 10.2. The van der Waals surface area contributed by atoms with Crippen LogP contribution in [0.4, 0.5) is 5.69 Å². The fourth-order valence-corrected chi connectivity index (χ4v) is 1.91. The third-order valence-corrected chi connectivity index (χ3v) is 3.32. The molecule has 1 aromatic carbocycles. The van der Waals surface area contributed by atoms with Gasteiger partial charge in [-0.2, -0.15) is 4.98 Å². The van der Waals surface area contributed by atoms with Gasteiger partial charge < -0.3 is 14.8 Å². The first-order valence-electron chi connectivity index (χ1n) is 7.33. The third-order valence-electron chi connectivity index (χ3n) is 3.32. The zero-order valence-electron chi connectivity index (χ0n) is 13.2. The Kier molecular flexibility index (Phi) is 5.31. The highest BCUT2D eigenvalue weighted by Crippen LogP contribution is 2.23. The number of aromatic amines is 1. The van der Waals surface area contributed by atoms with Gasteiger partial charge in [0.15, 0.2) is 0 Å². The topological polar surface area (TPSA) is 118 Å². The first-order valence-corrected chi connectivity index (χ1v) is 7.33. The SMILES string of the molecule is CC[C@@H](C)Oc1ccccc1/C=C\c1nc(O)c([N+](=O)[O-])c(=O)[nH]1. The molecule has 0 radical (unpaired) electrons. The van der Waals surface area contributed by atoms with Crippen molar-refractivity contribution in [2.24, 2.45) is 0 Å². The Labute approximate surface area is 137 Å². The summed E-state index contributed by atoms with van der Waals surface area (Å²) in [7, 11) is 0. The Hall–Kier alpha value is -3.16. The predicted molar refractivity (Wildman–Crippen MR) is 88.9 cm³/mol. The number of hydrogen-bond donors (Lipinski definition) is 2. The Morgan fingerprint density at radius 2 is 2.12 bits per heavy atom. The first kappa shape index (κ1) is 17.2. The third kappa shape index (κ3) is 3.97. The van der Waals surface area contributed by atoms with Gasteiger partial charge in [-0.05, 0) is 31.6 Å². The molecule has 0 amide bonds. The molecule has 0 saturated heterocycles. The summed E-state index contributed by atoms with van der Waals surface area (Å²) in [6.07, 6.45) is 3.97. The number of ether oxygens (including phenoxy) is 1. The monoisotopic (exact) mass is 331 g/mol. The summed E-state index contributed by atoms with van der Waals surface area (Å²) in [6, 6.07) is 7.30. The number of benzene rings is 1. The molecule has 2 rings (SSSR count). The van der Waals surface area contributed by atoms with Crippen molar-refractivity contribution < 1.29 is 14.8 Å². The molecule has 8 nitrogen and oxygen atoms in total. The van der Waals surface area contributed by atoms with E-state index in [9.17, 15) is 20.0 Å². The molecule has 1 heterocycles. The van der Waals surface area contributed by atoms with E-state index in [2.05, 4.69) is 9.97 Å². The van der Waals surface area contributed by atoms with Crippen LogP contribution in [-0.4, -0.2) is 26.1 Å². The molecule has 0 aliphatic heterocycles. The van der Waals surface area contributed by atoms with E-state index in [1.165, 1.54) is 6.08 Å². The van der Waals surface area contributed by atoms with Crippen LogP contribution in [0.3, 0.4) is 0 Å². The second kappa shape index (κ2) is 7.40. The van der Waals surface area contributed by atoms with E-state index in [-0.39, 0.29) is 11.9 Å². The summed E-state index contributed by atoms with van der Waals surface area (Å²) in [4.78, 5) is 27.1. The number of H-pyrrole nitrogens is 1. The molecular weight excluding hydrogens is 314 g/mol. The average Bonchev–Trinajstić information content (AvgIpc) is 2.53. The summed E-state index contributed by atoms with van der Waals surface area (Å²) in [5, 5.41) is 20.2. The molecule has 0 saturated carbocycles. The van der Waals surface area contributed by atoms with E-state index in [0.717, 1.165) is 12.0 Å². The van der Waals surface area contributed by atoms with Crippen molar-refractivity contribution in [2.45, 2.75) is 26.4 Å². The number of nitro groups is 1. The molecule has 8 heteroatoms. The number of nitrogens with one attached hydrogen (secondary N) is 1. The largest absolute Gasteiger partial charge is 0.490 e. The molecule has 0 aliphatic rings. The van der Waals surface area contributed by atoms with Crippen LogP contribution in [0.5, 0.6) is 11.6 Å². The minimum absolute atomic E-state index is 0.00134. The van der Waals surface area contributed by atoms with Crippen LogP contribution in [0.2, 0.25) is 0 Å². The maximum absolute atomic E-state index is 11.6. The van der Waals surface area contributed by atoms with Crippen LogP contribution in [0, 0.1) is 10.1 Å². The van der Waals surface area contributed by atoms with Crippen molar-refractivity contribution in [3.05, 3.63) is 56.1 Å². The lowest BCUT2D eigenvalue weighted by Crippen LogP contribution is -2.14. The maximum atomic E-state index is 11.6. The van der Waals surface area contributed by atoms with Crippen LogP contribution in [0.1, 0.15) is 31.7 Å². The lowest BCUT2D eigenvalue weighted by molar-refractivity contribution is -0.387. The van der Waals surface area contributed by atoms with Gasteiger partial charge in [0.25, 0.3) is 5.88 Å². The van der Waals surface area contributed by atoms with Gasteiger partial charge in [0.05, 0.1) is 11.0 Å². The summed E-state index contributed by atoms with van der Waals surface area (Å²) in [6.45, 7) is 3.96. The van der Waals surface area contributed by atoms with Crippen molar-refractivity contribution in [3.8, 4) is 11.6 Å². The highest BCUT2D eigenvalue weighted by Gasteiger charge is 2.21. The molecule has 0 unspecified atom stereocenters. The van der Waals surface area contributed by atoms with E-state index in [4.69, 9.17) is 4.74 Å². The van der Waals surface area contributed by atoms with Crippen molar-refractivity contribution in [1.29, 1.82) is 0 Å². The Morgan fingerprint density at radius 3 is 2.75 bits per heavy atom. The second-order valence-electron chi connectivity index (χ2n) is 5.09. The van der Waals surface area contributed by atoms with Gasteiger partial charge in [0.1, 0.15) is 11.6 Å². The van der Waals surface area contributed by atoms with Gasteiger partial charge in [-0.15, -0.1) is 0 Å². The van der Waals surface area contributed by atoms with Crippen LogP contribution < -0.4 is 10.3 Å². The van der Waals surface area contributed by atoms with Gasteiger partial charge >= 0.3 is 11.2 Å². The highest BCUT2D eigenvalue weighted by molar-refractivity contribution is 5.70. The Morgan fingerprint density at radius 1 is 1.42 bits per heavy atom. The van der Waals surface area contributed by atoms with Gasteiger partial charge in [0, 0.05) is 5.56 Å². The van der Waals surface area contributed by atoms with Crippen molar-refractivity contribution in [2.75, 3.05) is 0 Å². The van der Waals surface area contributed by atoms with Crippen LogP contribution in [0.15, 0.2) is 29.1 Å². The second-order valence-corrected chi connectivity index (χ2v) is 5.09. The van der Waals surface area contributed by atoms with Crippen molar-refractivity contribution >= 4 is 17.8 Å². The molecule has 0 fully saturated rings. The van der Waals surface area contributed by atoms with Gasteiger partial charge in [-0.3, -0.25) is 14.9 Å². The number of aromatic hydroxyl groups is 1. The van der Waals surface area contributed by atoms with Gasteiger partial charge in [0.2, 0.25) is 0 Å². The van der Waals surface area contributed by atoms with Crippen LogP contribution in [-0.2, 0) is 0 Å². The maximum Gasteiger partial charge on any atom is 0.395 e. The molecule has 0 spiro atoms. The fourth-order valence-electron chi connectivity index (χ4n) is 1.91. The lowest BCUT2D eigenvalue weighted by Gasteiger charge is -2.14. The molecule has 0 aliphatic carbocycles. The molecule has 1 atom stereocenters.